The Morgan fingerprint density at radius 2 is 2.07 bits per heavy atom. The van der Waals surface area contributed by atoms with Gasteiger partial charge in [-0.15, -0.1) is 0 Å². The van der Waals surface area contributed by atoms with E-state index in [-0.39, 0.29) is 37.1 Å². The Morgan fingerprint density at radius 3 is 2.67 bits per heavy atom. The molecule has 0 aliphatic carbocycles. The summed E-state index contributed by atoms with van der Waals surface area (Å²) in [6.45, 7) is 7.22. The number of hydrogen-bond donors (Lipinski definition) is 2. The summed E-state index contributed by atoms with van der Waals surface area (Å²) >= 11 is 1.24. The fraction of sp³-hybridized carbons (Fsp3) is 0.500. The van der Waals surface area contributed by atoms with Crippen molar-refractivity contribution < 1.29 is 29.0 Å². The van der Waals surface area contributed by atoms with Gasteiger partial charge in [0.15, 0.2) is 0 Å². The van der Waals surface area contributed by atoms with E-state index in [9.17, 15) is 19.5 Å². The van der Waals surface area contributed by atoms with Crippen molar-refractivity contribution in [3.05, 3.63) is 33.6 Å². The molecule has 8 nitrogen and oxygen atoms in total. The fourth-order valence-electron chi connectivity index (χ4n) is 2.95. The van der Waals surface area contributed by atoms with Gasteiger partial charge in [-0.1, -0.05) is 11.8 Å². The minimum atomic E-state index is -0.697. The van der Waals surface area contributed by atoms with Crippen LogP contribution in [-0.2, 0) is 19.1 Å². The number of amides is 1. The summed E-state index contributed by atoms with van der Waals surface area (Å²) in [6, 6.07) is 0. The van der Waals surface area contributed by atoms with E-state index in [0.717, 1.165) is 0 Å². The maximum atomic E-state index is 12.3. The summed E-state index contributed by atoms with van der Waals surface area (Å²) in [4.78, 5) is 40.2. The van der Waals surface area contributed by atoms with Crippen molar-refractivity contribution in [2.24, 2.45) is 0 Å². The van der Waals surface area contributed by atoms with Crippen LogP contribution >= 0.6 is 11.8 Å². The van der Waals surface area contributed by atoms with Gasteiger partial charge in [0.1, 0.15) is 12.3 Å². The number of rotatable bonds is 7. The molecule has 27 heavy (non-hydrogen) atoms. The highest BCUT2D eigenvalue weighted by molar-refractivity contribution is 8.04. The predicted molar refractivity (Wildman–Crippen MR) is 100 cm³/mol. The number of esters is 2. The number of nitrogens with one attached hydrogen (secondary N) is 1. The van der Waals surface area contributed by atoms with Crippen LogP contribution in [0, 0.1) is 13.8 Å². The van der Waals surface area contributed by atoms with E-state index < -0.39 is 18.0 Å². The number of aliphatic hydroxyl groups is 1. The number of ether oxygens (including phenoxy) is 2. The Hall–Kier alpha value is -2.26. The number of aliphatic hydroxyl groups excluding tert-OH is 1. The third-order valence-corrected chi connectivity index (χ3v) is 5.13. The average molecular weight is 396 g/mol. The molecule has 1 amide bonds. The zero-order valence-electron chi connectivity index (χ0n) is 15.8. The van der Waals surface area contributed by atoms with Crippen molar-refractivity contribution in [1.82, 2.24) is 9.88 Å². The summed E-state index contributed by atoms with van der Waals surface area (Å²) in [5.74, 6) is -1.00. The van der Waals surface area contributed by atoms with Crippen molar-refractivity contribution in [3.63, 3.8) is 0 Å². The third kappa shape index (κ3) is 4.92. The monoisotopic (exact) mass is 396 g/mol. The lowest BCUT2D eigenvalue weighted by Crippen LogP contribution is -2.29. The Morgan fingerprint density at radius 1 is 1.37 bits per heavy atom. The average Bonchev–Trinajstić information content (AvgIpc) is 3.08. The highest BCUT2D eigenvalue weighted by Crippen LogP contribution is 2.29. The van der Waals surface area contributed by atoms with Crippen molar-refractivity contribution in [2.75, 3.05) is 25.5 Å². The van der Waals surface area contributed by atoms with Gasteiger partial charge in [0.05, 0.1) is 36.1 Å². The Balaban J connectivity index is 1.99. The van der Waals surface area contributed by atoms with Gasteiger partial charge in [-0.3, -0.25) is 4.79 Å². The molecule has 1 saturated heterocycles. The van der Waals surface area contributed by atoms with E-state index in [1.165, 1.54) is 22.7 Å². The zero-order valence-corrected chi connectivity index (χ0v) is 16.6. The fourth-order valence-corrected chi connectivity index (χ4v) is 3.91. The molecular formula is C18H24N2O6S. The summed E-state index contributed by atoms with van der Waals surface area (Å²) < 4.78 is 10.1. The van der Waals surface area contributed by atoms with Crippen LogP contribution in [0.4, 0.5) is 0 Å². The molecule has 0 bridgehead atoms. The summed E-state index contributed by atoms with van der Waals surface area (Å²) in [7, 11) is 0. The number of thioether (sulfide) groups is 1. The van der Waals surface area contributed by atoms with E-state index in [0.29, 0.717) is 21.8 Å². The Labute approximate surface area is 161 Å². The zero-order chi connectivity index (χ0) is 20.1. The molecule has 1 aliphatic heterocycles. The van der Waals surface area contributed by atoms with Crippen LogP contribution in [0.5, 0.6) is 0 Å². The first-order valence-corrected chi connectivity index (χ1v) is 9.60. The van der Waals surface area contributed by atoms with E-state index >= 15 is 0 Å². The molecular weight excluding hydrogens is 372 g/mol. The molecule has 1 atom stereocenters. The van der Waals surface area contributed by atoms with Crippen molar-refractivity contribution in [1.29, 1.82) is 0 Å². The van der Waals surface area contributed by atoms with Crippen LogP contribution in [0.25, 0.3) is 0 Å². The maximum absolute atomic E-state index is 12.3. The highest BCUT2D eigenvalue weighted by Gasteiger charge is 2.28. The largest absolute Gasteiger partial charge is 0.463 e. The van der Waals surface area contributed by atoms with E-state index in [1.54, 1.807) is 27.7 Å². The number of nitrogens with zero attached hydrogens (tertiary/aromatic N) is 1. The molecule has 2 heterocycles. The number of aryl methyl sites for hydroxylation is 1. The van der Waals surface area contributed by atoms with Gasteiger partial charge in [0, 0.05) is 11.3 Å². The Bertz CT molecular complexity index is 768. The van der Waals surface area contributed by atoms with Crippen LogP contribution in [0.2, 0.25) is 0 Å². The van der Waals surface area contributed by atoms with Crippen LogP contribution in [0.15, 0.2) is 11.1 Å². The van der Waals surface area contributed by atoms with Crippen LogP contribution in [-0.4, -0.2) is 58.3 Å². The first-order chi connectivity index (χ1) is 12.8. The Kier molecular flexibility index (Phi) is 7.09. The number of H-pyrrole nitrogens is 1. The van der Waals surface area contributed by atoms with Crippen molar-refractivity contribution in [3.8, 4) is 0 Å². The molecule has 1 fully saturated rings. The van der Waals surface area contributed by atoms with Gasteiger partial charge in [0.25, 0.3) is 0 Å². The first-order valence-electron chi connectivity index (χ1n) is 8.62. The SMILES string of the molecule is CCOC(=O)/C=C1\SCC(=O)N1CCOC(=O)c1[nH]c(C)c([C@@H](C)O)c1C. The van der Waals surface area contributed by atoms with Gasteiger partial charge in [-0.05, 0) is 33.3 Å². The van der Waals surface area contributed by atoms with Crippen LogP contribution in [0.1, 0.15) is 47.3 Å². The quantitative estimate of drug-likeness (QED) is 0.534. The van der Waals surface area contributed by atoms with Crippen LogP contribution in [0.3, 0.4) is 0 Å². The molecule has 0 aromatic carbocycles. The molecule has 148 valence electrons. The predicted octanol–water partition coefficient (Wildman–Crippen LogP) is 1.82. The molecule has 2 N–H and O–H groups in total. The number of carbonyl (C=O) groups excluding carboxylic acids is 3. The highest BCUT2D eigenvalue weighted by atomic mass is 32.2. The van der Waals surface area contributed by atoms with Crippen molar-refractivity contribution in [2.45, 2.75) is 33.8 Å². The third-order valence-electron chi connectivity index (χ3n) is 4.10. The first kappa shape index (κ1) is 21.0. The minimum absolute atomic E-state index is 0.0210. The molecule has 0 radical (unpaired) electrons. The standard InChI is InChI=1S/C18H24N2O6S/c1-5-25-15(23)8-14-20(13(22)9-27-14)6-7-26-18(24)17-10(2)16(12(4)21)11(3)19-17/h8,12,19,21H,5-7,9H2,1-4H3/b14-8-/t12-/m1/s1. The van der Waals surface area contributed by atoms with Gasteiger partial charge in [0.2, 0.25) is 5.91 Å². The maximum Gasteiger partial charge on any atom is 0.355 e. The van der Waals surface area contributed by atoms with Crippen molar-refractivity contribution >= 4 is 29.6 Å². The van der Waals surface area contributed by atoms with Crippen LogP contribution < -0.4 is 0 Å². The smallest absolute Gasteiger partial charge is 0.355 e. The van der Waals surface area contributed by atoms with Gasteiger partial charge in [-0.25, -0.2) is 9.59 Å². The second-order valence-electron chi connectivity index (χ2n) is 6.04. The lowest BCUT2D eigenvalue weighted by atomic mass is 10.1. The lowest BCUT2D eigenvalue weighted by molar-refractivity contribution is -0.137. The molecule has 1 aromatic rings. The molecule has 1 aromatic heterocycles. The summed E-state index contributed by atoms with van der Waals surface area (Å²) in [5.41, 5.74) is 2.31. The lowest BCUT2D eigenvalue weighted by Gasteiger charge is -2.16. The van der Waals surface area contributed by atoms with E-state index in [4.69, 9.17) is 9.47 Å². The van der Waals surface area contributed by atoms with E-state index in [1.807, 2.05) is 0 Å². The van der Waals surface area contributed by atoms with E-state index in [2.05, 4.69) is 4.98 Å². The van der Waals surface area contributed by atoms with Gasteiger partial charge >= 0.3 is 11.9 Å². The molecule has 0 unspecified atom stereocenters. The summed E-state index contributed by atoms with van der Waals surface area (Å²) in [6.07, 6.45) is 0.575. The number of hydrogen-bond acceptors (Lipinski definition) is 7. The molecule has 1 aliphatic rings. The van der Waals surface area contributed by atoms with Gasteiger partial charge < -0.3 is 24.5 Å². The second kappa shape index (κ2) is 9.09. The normalized spacial score (nSPS) is 16.7. The summed E-state index contributed by atoms with van der Waals surface area (Å²) in [5, 5.41) is 10.3. The number of carbonyl (C=O) groups is 3. The van der Waals surface area contributed by atoms with Gasteiger partial charge in [-0.2, -0.15) is 0 Å². The second-order valence-corrected chi connectivity index (χ2v) is 7.04. The molecule has 2 rings (SSSR count). The topological polar surface area (TPSA) is 109 Å². The molecule has 0 spiro atoms. The number of aromatic nitrogens is 1. The number of aromatic amines is 1. The molecule has 9 heteroatoms. The minimum Gasteiger partial charge on any atom is -0.463 e. The molecule has 0 saturated carbocycles.